The van der Waals surface area contributed by atoms with Crippen molar-refractivity contribution in [3.8, 4) is 28.1 Å². The summed E-state index contributed by atoms with van der Waals surface area (Å²) in [5.41, 5.74) is 0.405. The van der Waals surface area contributed by atoms with Crippen LogP contribution in [0.1, 0.15) is 71.7 Å². The molecule has 0 saturated carbocycles. The van der Waals surface area contributed by atoms with Crippen molar-refractivity contribution in [2.24, 2.45) is 17.3 Å². The van der Waals surface area contributed by atoms with E-state index in [0.29, 0.717) is 76.3 Å². The molecule has 0 spiro atoms. The number of hydrogen-bond donors (Lipinski definition) is 3. The van der Waals surface area contributed by atoms with Gasteiger partial charge >= 0.3 is 18.5 Å². The molecule has 4 aliphatic rings. The standard InChI is InChI=1S/C45H58F4N8O7/c1-27-24-34(57(26-27)40(58)37(52-43(61)62-5)30-14-22-63-23-15-30)39-51-36(38(46)53-39)29-8-6-28(7-9-29)33-11-10-31(25-35(33)64-45(47,48)49)50-42(60)56-16-12-32(13-17-56)54-18-20-55(21-19-54)41(59)44(2,3)4/h6-11,25,27,30,32,34,37H,12-24,26H2,1-5H3,(H,50,60)(H,51,53)(H,52,61)/t27-,34-,37-/m0/s1. The van der Waals surface area contributed by atoms with E-state index in [1.54, 1.807) is 9.80 Å². The number of carbonyl (C=O) groups excluding carboxylic acids is 4. The number of halogens is 4. The number of hydrogen-bond acceptors (Lipinski definition) is 9. The number of urea groups is 1. The minimum atomic E-state index is -5.04. The molecule has 5 amide bonds. The maximum atomic E-state index is 15.7. The quantitative estimate of drug-likeness (QED) is 0.192. The van der Waals surface area contributed by atoms with Crippen LogP contribution in [0, 0.1) is 23.2 Å². The van der Waals surface area contributed by atoms with Crippen LogP contribution in [-0.4, -0.2) is 138 Å². The lowest BCUT2D eigenvalue weighted by atomic mass is 9.90. The first-order chi connectivity index (χ1) is 30.4. The van der Waals surface area contributed by atoms with Gasteiger partial charge in [-0.15, -0.1) is 13.2 Å². The third kappa shape index (κ3) is 10.9. The van der Waals surface area contributed by atoms with Gasteiger partial charge in [-0.1, -0.05) is 52.0 Å². The summed E-state index contributed by atoms with van der Waals surface area (Å²) in [5, 5.41) is 5.43. The Hall–Kier alpha value is -5.43. The number of alkyl carbamates (subject to hydrolysis) is 1. The fourth-order valence-corrected chi connectivity index (χ4v) is 9.32. The number of benzene rings is 2. The fourth-order valence-electron chi connectivity index (χ4n) is 9.32. The fraction of sp³-hybridized carbons (Fsp3) is 0.578. The highest BCUT2D eigenvalue weighted by molar-refractivity contribution is 5.91. The molecule has 7 rings (SSSR count). The lowest BCUT2D eigenvalue weighted by Gasteiger charge is -2.43. The molecule has 0 unspecified atom stereocenters. The van der Waals surface area contributed by atoms with Gasteiger partial charge in [-0.3, -0.25) is 14.5 Å². The molecule has 15 nitrogen and oxygen atoms in total. The van der Waals surface area contributed by atoms with E-state index in [2.05, 4.69) is 30.2 Å². The van der Waals surface area contributed by atoms with Crippen LogP contribution < -0.4 is 15.4 Å². The van der Waals surface area contributed by atoms with Crippen molar-refractivity contribution in [2.45, 2.75) is 84.3 Å². The lowest BCUT2D eigenvalue weighted by molar-refractivity contribution is -0.274. The van der Waals surface area contributed by atoms with Crippen LogP contribution in [0.5, 0.6) is 5.75 Å². The number of piperazine rings is 1. The molecule has 0 bridgehead atoms. The highest BCUT2D eigenvalue weighted by Crippen LogP contribution is 2.40. The second-order valence-corrected chi connectivity index (χ2v) is 18.3. The summed E-state index contributed by atoms with van der Waals surface area (Å²) >= 11 is 0. The number of alkyl halides is 3. The van der Waals surface area contributed by atoms with Gasteiger partial charge in [0.05, 0.1) is 13.2 Å². The Labute approximate surface area is 370 Å². The van der Waals surface area contributed by atoms with E-state index in [4.69, 9.17) is 9.47 Å². The number of nitrogens with one attached hydrogen (secondary N) is 3. The predicted molar refractivity (Wildman–Crippen MR) is 228 cm³/mol. The zero-order valence-electron chi connectivity index (χ0n) is 36.9. The number of anilines is 1. The van der Waals surface area contributed by atoms with Crippen molar-refractivity contribution in [1.29, 1.82) is 0 Å². The van der Waals surface area contributed by atoms with Crippen molar-refractivity contribution in [3.63, 3.8) is 0 Å². The van der Waals surface area contributed by atoms with Gasteiger partial charge in [0.15, 0.2) is 0 Å². The van der Waals surface area contributed by atoms with E-state index in [-0.39, 0.29) is 52.5 Å². The van der Waals surface area contributed by atoms with Gasteiger partial charge in [-0.25, -0.2) is 14.6 Å². The summed E-state index contributed by atoms with van der Waals surface area (Å²) in [6, 6.07) is 8.49. The number of rotatable bonds is 9. The second-order valence-electron chi connectivity index (χ2n) is 18.3. The molecule has 4 fully saturated rings. The summed E-state index contributed by atoms with van der Waals surface area (Å²) in [6.45, 7) is 12.8. The number of likely N-dealkylation sites (tertiary alicyclic amines) is 2. The van der Waals surface area contributed by atoms with Gasteiger partial charge in [-0.2, -0.15) is 4.39 Å². The third-order valence-electron chi connectivity index (χ3n) is 12.7. The number of H-pyrrole nitrogens is 1. The summed E-state index contributed by atoms with van der Waals surface area (Å²) in [6.07, 6.45) is -2.68. The minimum Gasteiger partial charge on any atom is -0.453 e. The van der Waals surface area contributed by atoms with Crippen LogP contribution in [-0.2, 0) is 19.1 Å². The lowest BCUT2D eigenvalue weighted by Crippen LogP contribution is -2.56. The first-order valence-electron chi connectivity index (χ1n) is 22.0. The molecule has 64 heavy (non-hydrogen) atoms. The molecule has 4 aliphatic heterocycles. The summed E-state index contributed by atoms with van der Waals surface area (Å²) < 4.78 is 71.7. The third-order valence-corrected chi connectivity index (χ3v) is 12.7. The maximum Gasteiger partial charge on any atom is 0.573 e. The first-order valence-corrected chi connectivity index (χ1v) is 22.0. The van der Waals surface area contributed by atoms with Crippen LogP contribution in [0.25, 0.3) is 22.4 Å². The Morgan fingerprint density at radius 3 is 2.17 bits per heavy atom. The van der Waals surface area contributed by atoms with E-state index in [0.717, 1.165) is 32.0 Å². The molecule has 0 radical (unpaired) electrons. The summed E-state index contributed by atoms with van der Waals surface area (Å²) in [5.74, 6) is -1.38. The molecular weight excluding hydrogens is 841 g/mol. The van der Waals surface area contributed by atoms with E-state index in [1.807, 2.05) is 32.6 Å². The molecule has 3 aromatic rings. The largest absolute Gasteiger partial charge is 0.573 e. The molecule has 3 N–H and O–H groups in total. The Morgan fingerprint density at radius 1 is 0.891 bits per heavy atom. The SMILES string of the molecule is COC(=O)N[C@H](C(=O)N1C[C@@H](C)C[C@H]1c1nc(-c2ccc(-c3ccc(NC(=O)N4CCC(N5CCN(C(=O)C(C)(C)C)CC5)CC4)cc3OC(F)(F)F)cc2)c(F)[nH]1)C1CCOCC1. The van der Waals surface area contributed by atoms with E-state index < -0.39 is 47.7 Å². The molecule has 19 heteroatoms. The van der Waals surface area contributed by atoms with Gasteiger partial charge in [0.1, 0.15) is 23.3 Å². The van der Waals surface area contributed by atoms with Crippen molar-refractivity contribution in [2.75, 3.05) is 71.5 Å². The van der Waals surface area contributed by atoms with Crippen molar-refractivity contribution in [3.05, 3.63) is 54.2 Å². The van der Waals surface area contributed by atoms with Gasteiger partial charge < -0.3 is 44.5 Å². The highest BCUT2D eigenvalue weighted by atomic mass is 19.4. The number of imidazole rings is 1. The smallest absolute Gasteiger partial charge is 0.453 e. The Balaban J connectivity index is 1.01. The molecule has 1 aromatic heterocycles. The van der Waals surface area contributed by atoms with Gasteiger partial charge in [-0.05, 0) is 61.6 Å². The number of nitrogens with zero attached hydrogens (tertiary/aromatic N) is 5. The van der Waals surface area contributed by atoms with Gasteiger partial charge in [0.2, 0.25) is 17.8 Å². The Kier molecular flexibility index (Phi) is 14.1. The molecular formula is C45H58F4N8O7. The number of methoxy groups -OCH3 is 1. The molecule has 0 aliphatic carbocycles. The zero-order valence-corrected chi connectivity index (χ0v) is 36.9. The first kappa shape index (κ1) is 46.6. The number of piperidine rings is 1. The topological polar surface area (TPSA) is 162 Å². The van der Waals surface area contributed by atoms with Gasteiger partial charge in [0.25, 0.3) is 0 Å². The van der Waals surface area contributed by atoms with Crippen LogP contribution >= 0.6 is 0 Å². The van der Waals surface area contributed by atoms with Gasteiger partial charge in [0, 0.05) is 93.4 Å². The van der Waals surface area contributed by atoms with E-state index >= 15 is 4.39 Å². The van der Waals surface area contributed by atoms with Crippen molar-refractivity contribution in [1.82, 2.24) is 34.9 Å². The average molecular weight is 899 g/mol. The monoisotopic (exact) mass is 898 g/mol. The number of aromatic amines is 1. The average Bonchev–Trinajstić information content (AvgIpc) is 3.86. The zero-order chi connectivity index (χ0) is 45.9. The van der Waals surface area contributed by atoms with E-state index in [9.17, 15) is 32.3 Å². The van der Waals surface area contributed by atoms with E-state index in [1.165, 1.54) is 43.5 Å². The Morgan fingerprint density at radius 2 is 1.55 bits per heavy atom. The van der Waals surface area contributed by atoms with Crippen LogP contribution in [0.4, 0.5) is 32.8 Å². The normalized spacial score (nSPS) is 21.1. The molecule has 2 aromatic carbocycles. The number of carbonyl (C=O) groups is 4. The van der Waals surface area contributed by atoms with Crippen LogP contribution in [0.2, 0.25) is 0 Å². The van der Waals surface area contributed by atoms with Crippen LogP contribution in [0.15, 0.2) is 42.5 Å². The molecule has 5 heterocycles. The highest BCUT2D eigenvalue weighted by Gasteiger charge is 2.43. The summed E-state index contributed by atoms with van der Waals surface area (Å²) in [4.78, 5) is 67.3. The molecule has 4 saturated heterocycles. The summed E-state index contributed by atoms with van der Waals surface area (Å²) in [7, 11) is 1.23. The Bertz CT molecular complexity index is 2140. The number of amides is 5. The second kappa shape index (κ2) is 19.4. The number of aromatic nitrogens is 2. The molecule has 3 atom stereocenters. The number of ether oxygens (including phenoxy) is 3. The molecule has 348 valence electrons. The predicted octanol–water partition coefficient (Wildman–Crippen LogP) is 7.03. The van der Waals surface area contributed by atoms with Crippen molar-refractivity contribution < 1.29 is 51.0 Å². The van der Waals surface area contributed by atoms with Crippen LogP contribution in [0.3, 0.4) is 0 Å². The van der Waals surface area contributed by atoms with Crippen molar-refractivity contribution >= 4 is 29.6 Å². The maximum absolute atomic E-state index is 15.7. The minimum absolute atomic E-state index is 0.0359.